The van der Waals surface area contributed by atoms with E-state index in [2.05, 4.69) is 0 Å². The van der Waals surface area contributed by atoms with E-state index in [4.69, 9.17) is 15.6 Å². The van der Waals surface area contributed by atoms with E-state index in [1.54, 1.807) is 0 Å². The monoisotopic (exact) mass is 212 g/mol. The molecule has 1 aromatic carbocycles. The van der Waals surface area contributed by atoms with Crippen molar-refractivity contribution in [2.75, 3.05) is 13.7 Å². The lowest BCUT2D eigenvalue weighted by molar-refractivity contribution is -0.385. The van der Waals surface area contributed by atoms with E-state index in [0.29, 0.717) is 11.3 Å². The lowest BCUT2D eigenvalue weighted by atomic mass is 10.1. The molecule has 3 N–H and O–H groups in total. The van der Waals surface area contributed by atoms with Gasteiger partial charge in [0.25, 0.3) is 5.69 Å². The minimum Gasteiger partial charge on any atom is -0.496 e. The highest BCUT2D eigenvalue weighted by atomic mass is 16.6. The van der Waals surface area contributed by atoms with E-state index in [1.807, 2.05) is 0 Å². The number of ether oxygens (including phenoxy) is 1. The smallest absolute Gasteiger partial charge is 0.270 e. The first-order valence-electron chi connectivity index (χ1n) is 4.29. The van der Waals surface area contributed by atoms with Crippen molar-refractivity contribution in [2.45, 2.75) is 6.04 Å². The number of hydrogen-bond donors (Lipinski definition) is 2. The van der Waals surface area contributed by atoms with Gasteiger partial charge in [0.1, 0.15) is 5.75 Å². The first kappa shape index (κ1) is 11.4. The van der Waals surface area contributed by atoms with Crippen LogP contribution in [0.2, 0.25) is 0 Å². The van der Waals surface area contributed by atoms with Gasteiger partial charge >= 0.3 is 0 Å². The Balaban J connectivity index is 3.18. The van der Waals surface area contributed by atoms with Gasteiger partial charge in [-0.1, -0.05) is 0 Å². The van der Waals surface area contributed by atoms with Crippen molar-refractivity contribution < 1.29 is 14.8 Å². The third-order valence-electron chi connectivity index (χ3n) is 2.02. The van der Waals surface area contributed by atoms with Crippen LogP contribution in [-0.2, 0) is 0 Å². The normalized spacial score (nSPS) is 12.2. The van der Waals surface area contributed by atoms with Gasteiger partial charge in [-0.05, 0) is 6.07 Å². The van der Waals surface area contributed by atoms with Crippen molar-refractivity contribution >= 4 is 5.69 Å². The van der Waals surface area contributed by atoms with Crippen molar-refractivity contribution in [3.8, 4) is 5.75 Å². The molecular formula is C9H12N2O4. The molecule has 0 aliphatic carbocycles. The van der Waals surface area contributed by atoms with Gasteiger partial charge in [-0.15, -0.1) is 0 Å². The Morgan fingerprint density at radius 3 is 2.80 bits per heavy atom. The molecule has 1 atom stereocenters. The van der Waals surface area contributed by atoms with E-state index < -0.39 is 11.0 Å². The molecule has 15 heavy (non-hydrogen) atoms. The van der Waals surface area contributed by atoms with Gasteiger partial charge in [0.05, 0.1) is 24.7 Å². The predicted molar refractivity (Wildman–Crippen MR) is 53.7 cm³/mol. The second kappa shape index (κ2) is 4.72. The predicted octanol–water partition coefficient (Wildman–Crippen LogP) is 0.595. The number of nitro groups is 1. The second-order valence-electron chi connectivity index (χ2n) is 2.97. The highest BCUT2D eigenvalue weighted by molar-refractivity contribution is 5.45. The maximum atomic E-state index is 10.5. The Labute approximate surface area is 86.4 Å². The number of nitrogens with two attached hydrogens (primary N) is 1. The maximum absolute atomic E-state index is 10.5. The van der Waals surface area contributed by atoms with Crippen LogP contribution in [-0.4, -0.2) is 23.7 Å². The molecule has 0 amide bonds. The van der Waals surface area contributed by atoms with Crippen LogP contribution < -0.4 is 10.5 Å². The minimum atomic E-state index is -0.681. The van der Waals surface area contributed by atoms with Crippen molar-refractivity contribution in [3.63, 3.8) is 0 Å². The summed E-state index contributed by atoms with van der Waals surface area (Å²) in [6.07, 6.45) is 0. The Morgan fingerprint density at radius 2 is 2.33 bits per heavy atom. The van der Waals surface area contributed by atoms with Gasteiger partial charge in [0, 0.05) is 17.7 Å². The number of benzene rings is 1. The molecule has 0 fully saturated rings. The zero-order chi connectivity index (χ0) is 11.4. The molecule has 0 radical (unpaired) electrons. The van der Waals surface area contributed by atoms with Crippen LogP contribution in [0.15, 0.2) is 18.2 Å². The third kappa shape index (κ3) is 2.42. The number of rotatable bonds is 4. The van der Waals surface area contributed by atoms with Crippen molar-refractivity contribution in [3.05, 3.63) is 33.9 Å². The largest absolute Gasteiger partial charge is 0.496 e. The van der Waals surface area contributed by atoms with Crippen LogP contribution in [0.1, 0.15) is 11.6 Å². The topological polar surface area (TPSA) is 98.6 Å². The average molecular weight is 212 g/mol. The summed E-state index contributed by atoms with van der Waals surface area (Å²) < 4.78 is 4.99. The average Bonchev–Trinajstić information content (AvgIpc) is 2.27. The summed E-state index contributed by atoms with van der Waals surface area (Å²) in [5, 5.41) is 19.4. The number of non-ortho nitro benzene ring substituents is 1. The number of methoxy groups -OCH3 is 1. The molecule has 0 aliphatic rings. The first-order valence-corrected chi connectivity index (χ1v) is 4.29. The molecule has 0 bridgehead atoms. The number of nitro benzene ring substituents is 1. The SMILES string of the molecule is COc1ccc([N+](=O)[O-])cc1[C@@H](N)CO. The van der Waals surface area contributed by atoms with Crippen molar-refractivity contribution in [2.24, 2.45) is 5.73 Å². The van der Waals surface area contributed by atoms with Gasteiger partial charge in [0.2, 0.25) is 0 Å². The van der Waals surface area contributed by atoms with Gasteiger partial charge in [-0.25, -0.2) is 0 Å². The molecule has 0 unspecified atom stereocenters. The maximum Gasteiger partial charge on any atom is 0.270 e. The van der Waals surface area contributed by atoms with E-state index in [0.717, 1.165) is 0 Å². The van der Waals surface area contributed by atoms with E-state index in [-0.39, 0.29) is 12.3 Å². The molecule has 0 saturated carbocycles. The molecule has 0 aromatic heterocycles. The number of aliphatic hydroxyl groups is 1. The zero-order valence-corrected chi connectivity index (χ0v) is 8.21. The number of nitrogens with zero attached hydrogens (tertiary/aromatic N) is 1. The third-order valence-corrected chi connectivity index (χ3v) is 2.02. The van der Waals surface area contributed by atoms with Crippen LogP contribution in [0.25, 0.3) is 0 Å². The Kier molecular flexibility index (Phi) is 3.59. The fourth-order valence-corrected chi connectivity index (χ4v) is 1.22. The van der Waals surface area contributed by atoms with Crippen LogP contribution in [0.5, 0.6) is 5.75 Å². The lowest BCUT2D eigenvalue weighted by Gasteiger charge is -2.12. The molecule has 0 saturated heterocycles. The van der Waals surface area contributed by atoms with E-state index in [9.17, 15) is 10.1 Å². The zero-order valence-electron chi connectivity index (χ0n) is 8.21. The molecular weight excluding hydrogens is 200 g/mol. The van der Waals surface area contributed by atoms with Crippen molar-refractivity contribution in [1.29, 1.82) is 0 Å². The fraction of sp³-hybridized carbons (Fsp3) is 0.333. The summed E-state index contributed by atoms with van der Waals surface area (Å²) in [5.41, 5.74) is 5.94. The van der Waals surface area contributed by atoms with Gasteiger partial charge < -0.3 is 15.6 Å². The van der Waals surface area contributed by atoms with Crippen LogP contribution in [0.4, 0.5) is 5.69 Å². The van der Waals surface area contributed by atoms with Crippen LogP contribution >= 0.6 is 0 Å². The molecule has 82 valence electrons. The molecule has 6 heteroatoms. The van der Waals surface area contributed by atoms with Gasteiger partial charge in [-0.3, -0.25) is 10.1 Å². The second-order valence-corrected chi connectivity index (χ2v) is 2.97. The molecule has 0 heterocycles. The van der Waals surface area contributed by atoms with E-state index >= 15 is 0 Å². The summed E-state index contributed by atoms with van der Waals surface area (Å²) in [7, 11) is 1.44. The summed E-state index contributed by atoms with van der Waals surface area (Å²) in [6.45, 7) is -0.294. The number of hydrogen-bond acceptors (Lipinski definition) is 5. The highest BCUT2D eigenvalue weighted by Gasteiger charge is 2.15. The molecule has 6 nitrogen and oxygen atoms in total. The van der Waals surface area contributed by atoms with Gasteiger partial charge in [-0.2, -0.15) is 0 Å². The molecule has 0 spiro atoms. The summed E-state index contributed by atoms with van der Waals surface area (Å²) in [4.78, 5) is 10.0. The lowest BCUT2D eigenvalue weighted by Crippen LogP contribution is -2.15. The van der Waals surface area contributed by atoms with Crippen molar-refractivity contribution in [1.82, 2.24) is 0 Å². The fourth-order valence-electron chi connectivity index (χ4n) is 1.22. The Hall–Kier alpha value is -1.66. The highest BCUT2D eigenvalue weighted by Crippen LogP contribution is 2.27. The van der Waals surface area contributed by atoms with E-state index in [1.165, 1.54) is 25.3 Å². The summed E-state index contributed by atoms with van der Waals surface area (Å²) >= 11 is 0. The molecule has 1 rings (SSSR count). The summed E-state index contributed by atoms with van der Waals surface area (Å²) in [5.74, 6) is 0.433. The summed E-state index contributed by atoms with van der Waals surface area (Å²) in [6, 6.07) is 3.41. The number of aliphatic hydroxyl groups excluding tert-OH is 1. The van der Waals surface area contributed by atoms with Gasteiger partial charge in [0.15, 0.2) is 0 Å². The minimum absolute atomic E-state index is 0.0744. The standard InChI is InChI=1S/C9H12N2O4/c1-15-9-3-2-6(11(13)14)4-7(9)8(10)5-12/h2-4,8,12H,5,10H2,1H3/t8-/m0/s1. The van der Waals surface area contributed by atoms with Crippen LogP contribution in [0, 0.1) is 10.1 Å². The molecule has 0 aliphatic heterocycles. The Morgan fingerprint density at radius 1 is 1.67 bits per heavy atom. The Bertz CT molecular complexity index is 367. The molecule has 1 aromatic rings. The first-order chi connectivity index (χ1) is 7.10. The quantitative estimate of drug-likeness (QED) is 0.562. The van der Waals surface area contributed by atoms with Crippen LogP contribution in [0.3, 0.4) is 0 Å².